The molecule has 1 N–H and O–H groups in total. The lowest BCUT2D eigenvalue weighted by Crippen LogP contribution is -2.46. The van der Waals surface area contributed by atoms with Crippen molar-refractivity contribution in [3.8, 4) is 28.3 Å². The molecule has 32 heavy (non-hydrogen) atoms. The van der Waals surface area contributed by atoms with Crippen LogP contribution < -0.4 is 4.90 Å². The quantitative estimate of drug-likeness (QED) is 0.467. The monoisotopic (exact) mass is 425 g/mol. The molecule has 5 nitrogen and oxygen atoms in total. The molecule has 0 amide bonds. The maximum absolute atomic E-state index is 9.49. The van der Waals surface area contributed by atoms with Gasteiger partial charge in [0.2, 0.25) is 5.89 Å². The summed E-state index contributed by atoms with van der Waals surface area (Å²) in [5.74, 6) is 1.87. The molecule has 4 aromatic rings. The zero-order valence-corrected chi connectivity index (χ0v) is 18.2. The van der Waals surface area contributed by atoms with E-state index in [-0.39, 0.29) is 0 Å². The number of benzene rings is 3. The average molecular weight is 426 g/mol. The Morgan fingerprint density at radius 1 is 0.781 bits per heavy atom. The molecule has 5 heteroatoms. The van der Waals surface area contributed by atoms with Crippen LogP contribution >= 0.6 is 0 Å². The molecule has 0 saturated carbocycles. The number of nitrogens with zero attached hydrogens (tertiary/aromatic N) is 3. The van der Waals surface area contributed by atoms with Crippen LogP contribution in [0.15, 0.2) is 83.3 Å². The number of aromatic nitrogens is 1. The predicted octanol–water partition coefficient (Wildman–Crippen LogP) is 5.34. The molecule has 5 rings (SSSR count). The van der Waals surface area contributed by atoms with Crippen molar-refractivity contribution in [2.24, 2.45) is 0 Å². The van der Waals surface area contributed by atoms with Gasteiger partial charge in [-0.3, -0.25) is 4.90 Å². The van der Waals surface area contributed by atoms with Crippen LogP contribution in [0, 0.1) is 6.92 Å². The molecule has 1 fully saturated rings. The van der Waals surface area contributed by atoms with Crippen molar-refractivity contribution in [2.45, 2.75) is 13.5 Å². The summed E-state index contributed by atoms with van der Waals surface area (Å²) in [5.41, 5.74) is 5.54. The topological polar surface area (TPSA) is 52.7 Å². The number of phenolic OH excluding ortho intramolecular Hbond substituents is 1. The van der Waals surface area contributed by atoms with Crippen LogP contribution in [0.25, 0.3) is 22.6 Å². The summed E-state index contributed by atoms with van der Waals surface area (Å²) in [6.07, 6.45) is 0. The SMILES string of the molecule is Cc1oc(-c2ccc(-c3ccccc3)cc2)nc1CN1CCN(c2ccc(O)cc2)CC1. The number of oxazole rings is 1. The Labute approximate surface area is 188 Å². The summed E-state index contributed by atoms with van der Waals surface area (Å²) in [6.45, 7) is 6.63. The lowest BCUT2D eigenvalue weighted by atomic mass is 10.0. The van der Waals surface area contributed by atoms with Gasteiger partial charge in [-0.15, -0.1) is 0 Å². The molecular formula is C27H27N3O2. The molecule has 1 aromatic heterocycles. The minimum atomic E-state index is 0.305. The van der Waals surface area contributed by atoms with E-state index in [9.17, 15) is 5.11 Å². The molecule has 0 aliphatic carbocycles. The minimum absolute atomic E-state index is 0.305. The molecule has 0 bridgehead atoms. The summed E-state index contributed by atoms with van der Waals surface area (Å²) < 4.78 is 6.02. The van der Waals surface area contributed by atoms with Gasteiger partial charge >= 0.3 is 0 Å². The van der Waals surface area contributed by atoms with Gasteiger partial charge < -0.3 is 14.4 Å². The first kappa shape index (κ1) is 20.3. The Morgan fingerprint density at radius 3 is 2.09 bits per heavy atom. The highest BCUT2D eigenvalue weighted by Crippen LogP contribution is 2.27. The second kappa shape index (κ2) is 8.89. The van der Waals surface area contributed by atoms with Crippen molar-refractivity contribution in [2.75, 3.05) is 31.1 Å². The highest BCUT2D eigenvalue weighted by molar-refractivity contribution is 5.67. The van der Waals surface area contributed by atoms with E-state index in [1.54, 1.807) is 12.1 Å². The Bertz CT molecular complexity index is 1160. The van der Waals surface area contributed by atoms with E-state index >= 15 is 0 Å². The van der Waals surface area contributed by atoms with Gasteiger partial charge in [-0.2, -0.15) is 0 Å². The van der Waals surface area contributed by atoms with Crippen LogP contribution in [-0.4, -0.2) is 41.2 Å². The average Bonchev–Trinajstić information content (AvgIpc) is 3.21. The van der Waals surface area contributed by atoms with Crippen molar-refractivity contribution in [1.29, 1.82) is 0 Å². The van der Waals surface area contributed by atoms with Gasteiger partial charge in [-0.1, -0.05) is 42.5 Å². The van der Waals surface area contributed by atoms with Gasteiger partial charge in [0.1, 0.15) is 11.5 Å². The van der Waals surface area contributed by atoms with E-state index in [0.717, 1.165) is 55.4 Å². The molecule has 0 unspecified atom stereocenters. The highest BCUT2D eigenvalue weighted by atomic mass is 16.4. The number of hydrogen-bond donors (Lipinski definition) is 1. The van der Waals surface area contributed by atoms with E-state index in [4.69, 9.17) is 9.40 Å². The third-order valence-electron chi connectivity index (χ3n) is 6.09. The molecular weight excluding hydrogens is 398 g/mol. The summed E-state index contributed by atoms with van der Waals surface area (Å²) in [7, 11) is 0. The molecule has 3 aromatic carbocycles. The van der Waals surface area contributed by atoms with Crippen molar-refractivity contribution in [3.63, 3.8) is 0 Å². The van der Waals surface area contributed by atoms with E-state index < -0.39 is 0 Å². The van der Waals surface area contributed by atoms with Crippen LogP contribution in [0.5, 0.6) is 5.75 Å². The first-order valence-corrected chi connectivity index (χ1v) is 11.0. The number of anilines is 1. The van der Waals surface area contributed by atoms with Crippen LogP contribution in [-0.2, 0) is 6.54 Å². The molecule has 0 atom stereocenters. The molecule has 1 saturated heterocycles. The molecule has 0 spiro atoms. The maximum atomic E-state index is 9.49. The third-order valence-corrected chi connectivity index (χ3v) is 6.09. The first-order valence-electron chi connectivity index (χ1n) is 11.0. The minimum Gasteiger partial charge on any atom is -0.508 e. The molecule has 0 radical (unpaired) electrons. The fourth-order valence-electron chi connectivity index (χ4n) is 4.17. The second-order valence-electron chi connectivity index (χ2n) is 8.24. The van der Waals surface area contributed by atoms with Crippen LogP contribution in [0.2, 0.25) is 0 Å². The zero-order valence-electron chi connectivity index (χ0n) is 18.2. The maximum Gasteiger partial charge on any atom is 0.226 e. The van der Waals surface area contributed by atoms with Gasteiger partial charge in [-0.05, 0) is 54.4 Å². The van der Waals surface area contributed by atoms with E-state index in [1.165, 1.54) is 11.1 Å². The van der Waals surface area contributed by atoms with Crippen LogP contribution in [0.1, 0.15) is 11.5 Å². The molecule has 2 heterocycles. The molecule has 162 valence electrons. The number of phenols is 1. The van der Waals surface area contributed by atoms with Gasteiger partial charge in [0.15, 0.2) is 0 Å². The smallest absolute Gasteiger partial charge is 0.226 e. The van der Waals surface area contributed by atoms with Crippen molar-refractivity contribution < 1.29 is 9.52 Å². The van der Waals surface area contributed by atoms with Crippen molar-refractivity contribution in [3.05, 3.63) is 90.3 Å². The van der Waals surface area contributed by atoms with Crippen molar-refractivity contribution in [1.82, 2.24) is 9.88 Å². The second-order valence-corrected chi connectivity index (χ2v) is 8.24. The largest absolute Gasteiger partial charge is 0.508 e. The van der Waals surface area contributed by atoms with Gasteiger partial charge in [0.25, 0.3) is 0 Å². The Morgan fingerprint density at radius 2 is 1.41 bits per heavy atom. The first-order chi connectivity index (χ1) is 15.7. The van der Waals surface area contributed by atoms with E-state index in [2.05, 4.69) is 58.3 Å². The summed E-state index contributed by atoms with van der Waals surface area (Å²) in [5, 5.41) is 9.49. The summed E-state index contributed by atoms with van der Waals surface area (Å²) in [4.78, 5) is 9.59. The Hall–Kier alpha value is -3.57. The number of hydrogen-bond acceptors (Lipinski definition) is 5. The van der Waals surface area contributed by atoms with Gasteiger partial charge in [-0.25, -0.2) is 4.98 Å². The summed E-state index contributed by atoms with van der Waals surface area (Å²) in [6, 6.07) is 26.2. The molecule has 1 aliphatic heterocycles. The number of aromatic hydroxyl groups is 1. The Kier molecular flexibility index (Phi) is 5.65. The summed E-state index contributed by atoms with van der Waals surface area (Å²) >= 11 is 0. The van der Waals surface area contributed by atoms with Crippen LogP contribution in [0.3, 0.4) is 0 Å². The van der Waals surface area contributed by atoms with Crippen LogP contribution in [0.4, 0.5) is 5.69 Å². The standard InChI is InChI=1S/C27H27N3O2/c1-20-26(19-29-15-17-30(18-16-29)24-11-13-25(31)14-12-24)28-27(32-20)23-9-7-22(8-10-23)21-5-3-2-4-6-21/h2-14,31H,15-19H2,1H3. The third kappa shape index (κ3) is 4.39. The van der Waals surface area contributed by atoms with E-state index in [0.29, 0.717) is 11.6 Å². The predicted molar refractivity (Wildman–Crippen MR) is 128 cm³/mol. The normalized spacial score (nSPS) is 14.6. The number of rotatable bonds is 5. The van der Waals surface area contributed by atoms with Gasteiger partial charge in [0, 0.05) is 44.0 Å². The fourth-order valence-corrected chi connectivity index (χ4v) is 4.17. The lowest BCUT2D eigenvalue weighted by Gasteiger charge is -2.35. The fraction of sp³-hybridized carbons (Fsp3) is 0.222. The van der Waals surface area contributed by atoms with Gasteiger partial charge in [0.05, 0.1) is 5.69 Å². The number of aryl methyl sites for hydroxylation is 1. The molecule has 1 aliphatic rings. The van der Waals surface area contributed by atoms with E-state index in [1.807, 2.05) is 25.1 Å². The van der Waals surface area contributed by atoms with Crippen molar-refractivity contribution >= 4 is 5.69 Å². The lowest BCUT2D eigenvalue weighted by molar-refractivity contribution is 0.246. The highest BCUT2D eigenvalue weighted by Gasteiger charge is 2.20. The zero-order chi connectivity index (χ0) is 21.9. The number of piperazine rings is 1. The Balaban J connectivity index is 1.23.